The van der Waals surface area contributed by atoms with E-state index in [0.29, 0.717) is 18.6 Å². The maximum atomic E-state index is 10.2. The molecule has 0 heterocycles. The number of carboxylic acids is 1. The van der Waals surface area contributed by atoms with E-state index in [2.05, 4.69) is 0 Å². The molecule has 0 aromatic carbocycles. The van der Waals surface area contributed by atoms with Crippen LogP contribution >= 0.6 is 0 Å². The first-order valence-electron chi connectivity index (χ1n) is 5.19. The third-order valence-electron chi connectivity index (χ3n) is 1.37. The molecule has 0 radical (unpaired) electrons. The van der Waals surface area contributed by atoms with Gasteiger partial charge in [0, 0.05) is 41.1 Å². The van der Waals surface area contributed by atoms with Crippen LogP contribution in [-0.4, -0.2) is 47.7 Å². The van der Waals surface area contributed by atoms with E-state index < -0.39 is 15.5 Å². The summed E-state index contributed by atoms with van der Waals surface area (Å²) in [7, 11) is 3.05. The molecular weight excluding hydrogens is 244 g/mol. The molecule has 7 heteroatoms. The van der Waals surface area contributed by atoms with Gasteiger partial charge < -0.3 is 18.4 Å². The van der Waals surface area contributed by atoms with Crippen LogP contribution < -0.4 is 0 Å². The molecule has 1 N–H and O–H groups in total. The Hall–Kier alpha value is -0.763. The average Bonchev–Trinajstić information content (AvgIpc) is 2.30. The highest BCUT2D eigenvalue weighted by Gasteiger charge is 2.04. The molecule has 0 aromatic rings. The van der Waals surface area contributed by atoms with Crippen LogP contribution in [0.15, 0.2) is 0 Å². The Morgan fingerprint density at radius 1 is 1.00 bits per heavy atom. The maximum Gasteiger partial charge on any atom is 0.483 e. The fraction of sp³-hybridized carbons (Fsp3) is 0.800. The van der Waals surface area contributed by atoms with E-state index in [-0.39, 0.29) is 0 Å². The van der Waals surface area contributed by atoms with Gasteiger partial charge in [0.25, 0.3) is 5.97 Å². The van der Waals surface area contributed by atoms with Crippen LogP contribution in [0.4, 0.5) is 0 Å². The van der Waals surface area contributed by atoms with E-state index in [4.69, 9.17) is 23.2 Å². The summed E-state index contributed by atoms with van der Waals surface area (Å²) in [6, 6.07) is 0. The first kappa shape index (κ1) is 21.5. The molecule has 0 aliphatic rings. The zero-order chi connectivity index (χ0) is 14.3. The smallest absolute Gasteiger partial charge is 0.481 e. The molecule has 0 atom stereocenters. The van der Waals surface area contributed by atoms with Gasteiger partial charge >= 0.3 is 9.53 Å². The highest BCUT2D eigenvalue weighted by molar-refractivity contribution is 6.36. The lowest BCUT2D eigenvalue weighted by Gasteiger charge is -2.05. The van der Waals surface area contributed by atoms with Gasteiger partial charge in [0.2, 0.25) is 0 Å². The van der Waals surface area contributed by atoms with Gasteiger partial charge in [0.05, 0.1) is 0 Å². The number of Topliss-reactive ketones (excluding diaryl/α,β-unsaturated/α-hetero) is 1. The summed E-state index contributed by atoms with van der Waals surface area (Å²) in [6.07, 6.45) is 1.38. The van der Waals surface area contributed by atoms with Crippen LogP contribution in [0, 0.1) is 0 Å². The highest BCUT2D eigenvalue weighted by Crippen LogP contribution is 1.83. The molecule has 17 heavy (non-hydrogen) atoms. The lowest BCUT2D eigenvalue weighted by molar-refractivity contribution is -0.134. The molecule has 0 amide bonds. The summed E-state index contributed by atoms with van der Waals surface area (Å²) in [5, 5.41) is 7.42. The summed E-state index contributed by atoms with van der Waals surface area (Å²) >= 11 is 0. The van der Waals surface area contributed by atoms with Crippen molar-refractivity contribution in [1.82, 2.24) is 0 Å². The Morgan fingerprint density at radius 3 is 1.24 bits per heavy atom. The zero-order valence-electron chi connectivity index (χ0n) is 11.5. The fourth-order valence-electron chi connectivity index (χ4n) is 0.539. The second kappa shape index (κ2) is 17.6. The van der Waals surface area contributed by atoms with Gasteiger partial charge in [-0.05, 0) is 0 Å². The molecular formula is C10H24O6Si. The van der Waals surface area contributed by atoms with Crippen molar-refractivity contribution in [1.29, 1.82) is 0 Å². The van der Waals surface area contributed by atoms with Crippen molar-refractivity contribution < 1.29 is 28.0 Å². The molecule has 0 unspecified atom stereocenters. The predicted octanol–water partition coefficient (Wildman–Crippen LogP) is 1.11. The third kappa shape index (κ3) is 31.3. The molecule has 0 saturated heterocycles. The van der Waals surface area contributed by atoms with Crippen LogP contribution in [0.25, 0.3) is 0 Å². The molecule has 0 aliphatic carbocycles. The summed E-state index contributed by atoms with van der Waals surface area (Å²) < 4.78 is 14.2. The van der Waals surface area contributed by atoms with Gasteiger partial charge in [0.1, 0.15) is 5.78 Å². The van der Waals surface area contributed by atoms with Gasteiger partial charge in [0.15, 0.2) is 0 Å². The molecule has 0 spiro atoms. The van der Waals surface area contributed by atoms with Crippen molar-refractivity contribution in [2.45, 2.75) is 33.6 Å². The Bertz CT molecular complexity index is 166. The molecule has 0 aliphatic heterocycles. The molecule has 0 saturated carbocycles. The zero-order valence-corrected chi connectivity index (χ0v) is 12.6. The van der Waals surface area contributed by atoms with Crippen LogP contribution in [0.2, 0.25) is 0 Å². The van der Waals surface area contributed by atoms with E-state index in [0.717, 1.165) is 6.92 Å². The number of ketones is 1. The van der Waals surface area contributed by atoms with Crippen molar-refractivity contribution in [3.63, 3.8) is 0 Å². The van der Waals surface area contributed by atoms with Crippen molar-refractivity contribution >= 4 is 21.3 Å². The standard InChI is InChI=1S/C5H10O.C3H10O3Si.C2H4O2/c1-3-5(6)4-2;1-4-7(5-2)6-3;1-2(3)4/h3-4H2,1-2H3;7H,1-3H3;1H3,(H,3,4). The molecule has 0 bridgehead atoms. The Labute approximate surface area is 105 Å². The lowest BCUT2D eigenvalue weighted by Crippen LogP contribution is -2.21. The maximum absolute atomic E-state index is 10.2. The normalized spacial score (nSPS) is 8.65. The first-order chi connectivity index (χ1) is 7.89. The van der Waals surface area contributed by atoms with Gasteiger partial charge in [-0.15, -0.1) is 0 Å². The topological polar surface area (TPSA) is 82.1 Å². The number of aliphatic carboxylic acids is 1. The minimum absolute atomic E-state index is 0.343. The minimum Gasteiger partial charge on any atom is -0.481 e. The van der Waals surface area contributed by atoms with Crippen molar-refractivity contribution in [3.05, 3.63) is 0 Å². The molecule has 0 aromatic heterocycles. The SMILES string of the molecule is CC(=O)O.CCC(=O)CC.CO[SiH](OC)OC. The molecule has 104 valence electrons. The summed E-state index contributed by atoms with van der Waals surface area (Å²) in [5.41, 5.74) is 0. The van der Waals surface area contributed by atoms with E-state index >= 15 is 0 Å². The third-order valence-corrected chi connectivity index (χ3v) is 2.52. The van der Waals surface area contributed by atoms with Crippen molar-refractivity contribution in [2.24, 2.45) is 0 Å². The molecule has 0 fully saturated rings. The number of carbonyl (C=O) groups excluding carboxylic acids is 1. The number of hydrogen-bond donors (Lipinski definition) is 1. The second-order valence-electron chi connectivity index (χ2n) is 2.76. The van der Waals surface area contributed by atoms with Crippen LogP contribution in [0.5, 0.6) is 0 Å². The van der Waals surface area contributed by atoms with Gasteiger partial charge in [-0.2, -0.15) is 0 Å². The average molecular weight is 268 g/mol. The van der Waals surface area contributed by atoms with Crippen LogP contribution in [0.3, 0.4) is 0 Å². The Balaban J connectivity index is -0.000000180. The van der Waals surface area contributed by atoms with E-state index in [1.807, 2.05) is 13.8 Å². The highest BCUT2D eigenvalue weighted by atomic mass is 28.3. The fourth-order valence-corrected chi connectivity index (χ4v) is 1.12. The van der Waals surface area contributed by atoms with Gasteiger partial charge in [-0.25, -0.2) is 0 Å². The number of carbonyl (C=O) groups is 2. The van der Waals surface area contributed by atoms with Crippen LogP contribution in [-0.2, 0) is 22.9 Å². The monoisotopic (exact) mass is 268 g/mol. The van der Waals surface area contributed by atoms with Crippen LogP contribution in [0.1, 0.15) is 33.6 Å². The molecule has 0 rings (SSSR count). The summed E-state index contributed by atoms with van der Waals surface area (Å²) in [4.78, 5) is 19.2. The summed E-state index contributed by atoms with van der Waals surface area (Å²) in [6.45, 7) is 4.84. The van der Waals surface area contributed by atoms with E-state index in [9.17, 15) is 4.79 Å². The quantitative estimate of drug-likeness (QED) is 0.752. The molecule has 6 nitrogen and oxygen atoms in total. The van der Waals surface area contributed by atoms with E-state index in [1.165, 1.54) is 0 Å². The van der Waals surface area contributed by atoms with Crippen molar-refractivity contribution in [2.75, 3.05) is 21.3 Å². The lowest BCUT2D eigenvalue weighted by atomic mass is 10.3. The summed E-state index contributed by atoms with van der Waals surface area (Å²) in [5.74, 6) is -0.491. The van der Waals surface area contributed by atoms with Gasteiger partial charge in [-0.1, -0.05) is 13.8 Å². The second-order valence-corrected chi connectivity index (χ2v) is 4.75. The Kier molecular flexibility index (Phi) is 22.3. The minimum atomic E-state index is -1.67. The first-order valence-corrected chi connectivity index (χ1v) is 6.60. The van der Waals surface area contributed by atoms with Crippen molar-refractivity contribution in [3.8, 4) is 0 Å². The number of hydrogen-bond acceptors (Lipinski definition) is 5. The number of carboxylic acid groups (broad SMARTS) is 1. The Morgan fingerprint density at radius 2 is 1.24 bits per heavy atom. The number of rotatable bonds is 5. The predicted molar refractivity (Wildman–Crippen MR) is 67.1 cm³/mol. The van der Waals surface area contributed by atoms with Gasteiger partial charge in [-0.3, -0.25) is 9.59 Å². The van der Waals surface area contributed by atoms with E-state index in [1.54, 1.807) is 21.3 Å². The largest absolute Gasteiger partial charge is 0.483 e.